The van der Waals surface area contributed by atoms with E-state index >= 15 is 0 Å². The molecule has 0 bridgehead atoms. The fourth-order valence-corrected chi connectivity index (χ4v) is 6.06. The predicted molar refractivity (Wildman–Crippen MR) is 146 cm³/mol. The number of likely N-dealkylation sites (tertiary alicyclic amines) is 1. The number of piperidine rings is 1. The fraction of sp³-hybridized carbons (Fsp3) is 0.387. The normalized spacial score (nSPS) is 22.6. The maximum absolute atomic E-state index is 6.31. The molecule has 1 saturated carbocycles. The summed E-state index contributed by atoms with van der Waals surface area (Å²) in [5, 5.41) is 0.778. The van der Waals surface area contributed by atoms with E-state index in [9.17, 15) is 0 Å². The first-order valence-corrected chi connectivity index (χ1v) is 13.5. The number of halogens is 1. The van der Waals surface area contributed by atoms with Crippen molar-refractivity contribution in [2.75, 3.05) is 26.2 Å². The molecule has 4 heteroatoms. The van der Waals surface area contributed by atoms with Crippen LogP contribution in [0, 0.1) is 18.8 Å². The number of hydrogen-bond donors (Lipinski definition) is 0. The van der Waals surface area contributed by atoms with E-state index in [0.29, 0.717) is 5.92 Å². The molecule has 0 amide bonds. The SMILES string of the molecule is Cc1ccccc1C1=Nc2ccccc2C(c2ccc(Cl)cc2)N1CC1CCCN(CC2CC2)C1. The molecule has 2 aliphatic heterocycles. The number of rotatable bonds is 6. The number of nitrogens with zero attached hydrogens (tertiary/aromatic N) is 3. The summed E-state index contributed by atoms with van der Waals surface area (Å²) in [5.41, 5.74) is 6.11. The summed E-state index contributed by atoms with van der Waals surface area (Å²) in [6.45, 7) is 6.96. The van der Waals surface area contributed by atoms with Gasteiger partial charge >= 0.3 is 0 Å². The zero-order valence-electron chi connectivity index (χ0n) is 20.5. The van der Waals surface area contributed by atoms with Crippen molar-refractivity contribution in [1.29, 1.82) is 0 Å². The third-order valence-electron chi connectivity index (χ3n) is 7.88. The molecule has 0 aromatic heterocycles. The van der Waals surface area contributed by atoms with Crippen LogP contribution >= 0.6 is 11.6 Å². The first-order chi connectivity index (χ1) is 17.2. The van der Waals surface area contributed by atoms with Crippen molar-refractivity contribution in [2.24, 2.45) is 16.8 Å². The number of aryl methyl sites for hydroxylation is 1. The fourth-order valence-electron chi connectivity index (χ4n) is 5.93. The van der Waals surface area contributed by atoms with Crippen molar-refractivity contribution in [3.05, 3.63) is 100 Å². The number of amidine groups is 1. The summed E-state index contributed by atoms with van der Waals surface area (Å²) in [6, 6.07) is 25.9. The van der Waals surface area contributed by atoms with Gasteiger partial charge in [0, 0.05) is 35.8 Å². The van der Waals surface area contributed by atoms with E-state index in [2.05, 4.69) is 77.4 Å². The van der Waals surface area contributed by atoms with Gasteiger partial charge in [0.05, 0.1) is 11.7 Å². The second kappa shape index (κ2) is 9.79. The minimum Gasteiger partial charge on any atom is -0.345 e. The van der Waals surface area contributed by atoms with Gasteiger partial charge in [0.15, 0.2) is 0 Å². The smallest absolute Gasteiger partial charge is 0.137 e. The van der Waals surface area contributed by atoms with Crippen molar-refractivity contribution in [1.82, 2.24) is 9.80 Å². The third kappa shape index (κ3) is 4.90. The Bertz CT molecular complexity index is 1210. The quantitative estimate of drug-likeness (QED) is 0.367. The Morgan fingerprint density at radius 2 is 1.63 bits per heavy atom. The van der Waals surface area contributed by atoms with E-state index < -0.39 is 0 Å². The number of benzene rings is 3. The number of hydrogen-bond acceptors (Lipinski definition) is 3. The maximum Gasteiger partial charge on any atom is 0.137 e. The summed E-state index contributed by atoms with van der Waals surface area (Å²) in [7, 11) is 0. The summed E-state index contributed by atoms with van der Waals surface area (Å²) < 4.78 is 0. The van der Waals surface area contributed by atoms with Crippen LogP contribution in [-0.4, -0.2) is 41.8 Å². The molecule has 1 saturated heterocycles. The van der Waals surface area contributed by atoms with Crippen molar-refractivity contribution >= 4 is 23.1 Å². The molecule has 3 nitrogen and oxygen atoms in total. The molecule has 6 rings (SSSR count). The Kier molecular flexibility index (Phi) is 6.39. The molecule has 2 unspecified atom stereocenters. The zero-order valence-corrected chi connectivity index (χ0v) is 21.3. The molecular weight excluding hydrogens is 450 g/mol. The predicted octanol–water partition coefficient (Wildman–Crippen LogP) is 7.25. The average molecular weight is 484 g/mol. The Hall–Kier alpha value is -2.62. The van der Waals surface area contributed by atoms with Gasteiger partial charge < -0.3 is 9.80 Å². The van der Waals surface area contributed by atoms with Crippen molar-refractivity contribution in [3.63, 3.8) is 0 Å². The van der Waals surface area contributed by atoms with E-state index in [-0.39, 0.29) is 6.04 Å². The molecule has 0 radical (unpaired) electrons. The number of para-hydroxylation sites is 1. The van der Waals surface area contributed by atoms with Crippen molar-refractivity contribution in [2.45, 2.75) is 38.6 Å². The third-order valence-corrected chi connectivity index (χ3v) is 8.14. The molecule has 3 aliphatic rings. The van der Waals surface area contributed by atoms with Crippen LogP contribution in [0.2, 0.25) is 5.02 Å². The molecule has 3 aromatic carbocycles. The van der Waals surface area contributed by atoms with Gasteiger partial charge in [0.25, 0.3) is 0 Å². The Morgan fingerprint density at radius 1 is 0.857 bits per heavy atom. The van der Waals surface area contributed by atoms with Crippen LogP contribution in [0.5, 0.6) is 0 Å². The largest absolute Gasteiger partial charge is 0.345 e. The van der Waals surface area contributed by atoms with Gasteiger partial charge in [-0.25, -0.2) is 4.99 Å². The molecular formula is C31H34ClN3. The van der Waals surface area contributed by atoms with Crippen molar-refractivity contribution in [3.8, 4) is 0 Å². The highest BCUT2D eigenvalue weighted by atomic mass is 35.5. The first kappa shape index (κ1) is 22.8. The Labute approximate surface area is 214 Å². The number of aliphatic imine (C=N–C) groups is 1. The summed E-state index contributed by atoms with van der Waals surface area (Å²) >= 11 is 6.31. The minimum absolute atomic E-state index is 0.120. The monoisotopic (exact) mass is 483 g/mol. The van der Waals surface area contributed by atoms with Gasteiger partial charge in [-0.2, -0.15) is 0 Å². The maximum atomic E-state index is 6.31. The lowest BCUT2D eigenvalue weighted by molar-refractivity contribution is 0.143. The van der Waals surface area contributed by atoms with Crippen LogP contribution in [0.15, 0.2) is 77.8 Å². The lowest BCUT2D eigenvalue weighted by Gasteiger charge is -2.43. The van der Waals surface area contributed by atoms with Gasteiger partial charge in [0.1, 0.15) is 5.84 Å². The molecule has 35 heavy (non-hydrogen) atoms. The Balaban J connectivity index is 1.42. The van der Waals surface area contributed by atoms with Crippen LogP contribution in [0.25, 0.3) is 0 Å². The van der Waals surface area contributed by atoms with Crippen LogP contribution in [0.4, 0.5) is 5.69 Å². The second-order valence-corrected chi connectivity index (χ2v) is 11.1. The second-order valence-electron chi connectivity index (χ2n) is 10.6. The molecule has 3 aromatic rings. The van der Waals surface area contributed by atoms with E-state index in [0.717, 1.165) is 29.0 Å². The standard InChI is InChI=1S/C31H34ClN3/c1-22-7-2-3-9-27(22)31-33-29-11-5-4-10-28(29)30(25-14-16-26(32)17-15-25)35(31)21-24-8-6-18-34(20-24)19-23-12-13-23/h2-5,7,9-11,14-17,23-24,30H,6,8,12-13,18-21H2,1H3. The van der Waals surface area contributed by atoms with E-state index in [1.54, 1.807) is 0 Å². The molecule has 2 heterocycles. The summed E-state index contributed by atoms with van der Waals surface area (Å²) in [5.74, 6) is 2.68. The molecule has 0 N–H and O–H groups in total. The van der Waals surface area contributed by atoms with Crippen LogP contribution in [-0.2, 0) is 0 Å². The van der Waals surface area contributed by atoms with E-state index in [4.69, 9.17) is 16.6 Å². The highest BCUT2D eigenvalue weighted by Crippen LogP contribution is 2.42. The minimum atomic E-state index is 0.120. The lowest BCUT2D eigenvalue weighted by Crippen LogP contribution is -2.46. The van der Waals surface area contributed by atoms with E-state index in [1.165, 1.54) is 67.6 Å². The highest BCUT2D eigenvalue weighted by Gasteiger charge is 2.35. The lowest BCUT2D eigenvalue weighted by atomic mass is 9.89. The number of fused-ring (bicyclic) bond motifs is 1. The first-order valence-electron chi connectivity index (χ1n) is 13.1. The van der Waals surface area contributed by atoms with Crippen LogP contribution in [0.3, 0.4) is 0 Å². The molecule has 2 atom stereocenters. The van der Waals surface area contributed by atoms with Crippen molar-refractivity contribution < 1.29 is 0 Å². The van der Waals surface area contributed by atoms with Crippen LogP contribution < -0.4 is 0 Å². The highest BCUT2D eigenvalue weighted by molar-refractivity contribution is 6.30. The van der Waals surface area contributed by atoms with Gasteiger partial charge in [0.2, 0.25) is 0 Å². The average Bonchev–Trinajstić information content (AvgIpc) is 3.69. The van der Waals surface area contributed by atoms with Gasteiger partial charge in [-0.15, -0.1) is 0 Å². The Morgan fingerprint density at radius 3 is 2.43 bits per heavy atom. The van der Waals surface area contributed by atoms with Crippen LogP contribution in [0.1, 0.15) is 54.0 Å². The van der Waals surface area contributed by atoms with Gasteiger partial charge in [-0.3, -0.25) is 0 Å². The molecule has 0 spiro atoms. The molecule has 2 fully saturated rings. The molecule has 1 aliphatic carbocycles. The summed E-state index contributed by atoms with van der Waals surface area (Å²) in [6.07, 6.45) is 5.43. The van der Waals surface area contributed by atoms with E-state index in [1.807, 2.05) is 12.1 Å². The topological polar surface area (TPSA) is 18.8 Å². The molecule has 180 valence electrons. The zero-order chi connectivity index (χ0) is 23.8. The van der Waals surface area contributed by atoms with Gasteiger partial charge in [-0.1, -0.05) is 66.2 Å². The van der Waals surface area contributed by atoms with Gasteiger partial charge in [-0.05, 0) is 80.3 Å². The summed E-state index contributed by atoms with van der Waals surface area (Å²) in [4.78, 5) is 10.6.